The van der Waals surface area contributed by atoms with Crippen LogP contribution in [0.3, 0.4) is 0 Å². The zero-order chi connectivity index (χ0) is 37.6. The van der Waals surface area contributed by atoms with Crippen LogP contribution in [0.4, 0.5) is 11.4 Å². The van der Waals surface area contributed by atoms with Crippen molar-refractivity contribution in [3.63, 3.8) is 0 Å². The third-order valence-electron chi connectivity index (χ3n) is 8.85. The number of benzene rings is 6. The fraction of sp³-hybridized carbons (Fsp3) is 0.0682. The van der Waals surface area contributed by atoms with Crippen LogP contribution in [-0.4, -0.2) is 22.3 Å². The van der Waals surface area contributed by atoms with E-state index < -0.39 is 17.1 Å². The lowest BCUT2D eigenvalue weighted by molar-refractivity contribution is -0.116. The second-order valence-electron chi connectivity index (χ2n) is 12.4. The van der Waals surface area contributed by atoms with Gasteiger partial charge in [-0.05, 0) is 84.8 Å². The summed E-state index contributed by atoms with van der Waals surface area (Å²) in [6.45, 7) is 2.96. The van der Waals surface area contributed by atoms with Crippen molar-refractivity contribution in [3.05, 3.63) is 178 Å². The molecule has 0 saturated heterocycles. The molecule has 268 valence electrons. The molecule has 1 unspecified atom stereocenters. The van der Waals surface area contributed by atoms with E-state index in [0.29, 0.717) is 27.5 Å². The van der Waals surface area contributed by atoms with Gasteiger partial charge in [0.25, 0.3) is 11.8 Å². The molecule has 7 aromatic rings. The first-order valence-corrected chi connectivity index (χ1v) is 18.9. The van der Waals surface area contributed by atoms with Gasteiger partial charge in [-0.25, -0.2) is 0 Å². The van der Waals surface area contributed by atoms with Crippen molar-refractivity contribution in [1.29, 1.82) is 0 Å². The highest BCUT2D eigenvalue weighted by Crippen LogP contribution is 2.38. The molecular formula is C44H34Cl2N4O3S. The zero-order valence-electron chi connectivity index (χ0n) is 29.1. The second-order valence-corrected chi connectivity index (χ2v) is 14.4. The molecule has 0 spiro atoms. The number of aromatic nitrogens is 1. The van der Waals surface area contributed by atoms with Crippen molar-refractivity contribution in [2.24, 2.45) is 0 Å². The van der Waals surface area contributed by atoms with E-state index in [4.69, 9.17) is 23.2 Å². The molecule has 3 N–H and O–H groups in total. The van der Waals surface area contributed by atoms with Gasteiger partial charge in [0.05, 0.1) is 10.0 Å². The highest BCUT2D eigenvalue weighted by Gasteiger charge is 2.24. The smallest absolute Gasteiger partial charge is 0.272 e. The number of rotatable bonds is 11. The molecule has 0 radical (unpaired) electrons. The summed E-state index contributed by atoms with van der Waals surface area (Å²) in [5.74, 6) is -1.23. The molecule has 0 saturated carbocycles. The fourth-order valence-electron chi connectivity index (χ4n) is 6.29. The maximum Gasteiger partial charge on any atom is 0.272 e. The van der Waals surface area contributed by atoms with Crippen LogP contribution in [0, 0.1) is 0 Å². The van der Waals surface area contributed by atoms with Crippen molar-refractivity contribution >= 4 is 91.9 Å². The lowest BCUT2D eigenvalue weighted by Crippen LogP contribution is -2.30. The van der Waals surface area contributed by atoms with E-state index in [0.717, 1.165) is 38.8 Å². The minimum Gasteiger partial charge on any atom is -0.341 e. The van der Waals surface area contributed by atoms with Gasteiger partial charge in [0.15, 0.2) is 0 Å². The lowest BCUT2D eigenvalue weighted by Gasteiger charge is -2.18. The first-order valence-electron chi connectivity index (χ1n) is 17.3. The maximum absolute atomic E-state index is 14.1. The normalized spacial score (nSPS) is 12.0. The predicted octanol–water partition coefficient (Wildman–Crippen LogP) is 11.0. The van der Waals surface area contributed by atoms with E-state index >= 15 is 0 Å². The summed E-state index contributed by atoms with van der Waals surface area (Å²) < 4.78 is 2.27. The number of fused-ring (bicyclic) bond motifs is 3. The number of nitrogens with zero attached hydrogens (tertiary/aromatic N) is 1. The Bertz CT molecular complexity index is 2540. The summed E-state index contributed by atoms with van der Waals surface area (Å²) >= 11 is 14.1. The Morgan fingerprint density at radius 1 is 0.704 bits per heavy atom. The van der Waals surface area contributed by atoms with Crippen molar-refractivity contribution in [1.82, 2.24) is 9.88 Å². The van der Waals surface area contributed by atoms with Gasteiger partial charge in [-0.15, -0.1) is 11.8 Å². The molecule has 10 heteroatoms. The van der Waals surface area contributed by atoms with Gasteiger partial charge in [-0.1, -0.05) is 108 Å². The second kappa shape index (κ2) is 16.5. The zero-order valence-corrected chi connectivity index (χ0v) is 31.4. The van der Waals surface area contributed by atoms with Crippen LogP contribution in [0.25, 0.3) is 27.9 Å². The molecule has 0 aliphatic carbocycles. The van der Waals surface area contributed by atoms with Gasteiger partial charge in [0, 0.05) is 50.2 Å². The number of nitrogens with one attached hydrogen (secondary N) is 3. The van der Waals surface area contributed by atoms with Crippen molar-refractivity contribution in [2.45, 2.75) is 23.6 Å². The monoisotopic (exact) mass is 768 g/mol. The standard InChI is InChI=1S/C44H34Cl2N4O3S/c1-2-50-38-22-10-9-20-34(38)35-27-32(23-24-39(35)50)48-44(53)41(28-13-5-3-6-14-28)54-33-19-12-18-31(26-33)47-43(52)37(25-30-17-11-21-36(45)40(30)46)49-42(51)29-15-7-4-8-16-29/h3-27,41H,2H2,1H3,(H,47,52)(H,48,53)(H,49,51)/b37-25+. The molecule has 54 heavy (non-hydrogen) atoms. The number of amides is 3. The average Bonchev–Trinajstić information content (AvgIpc) is 3.52. The van der Waals surface area contributed by atoms with Crippen LogP contribution in [0.5, 0.6) is 0 Å². The molecule has 0 bridgehead atoms. The molecule has 7 rings (SSSR count). The first kappa shape index (κ1) is 36.6. The number of carbonyl (C=O) groups excluding carboxylic acids is 3. The number of para-hydroxylation sites is 1. The van der Waals surface area contributed by atoms with Crippen LogP contribution in [-0.2, 0) is 16.1 Å². The number of anilines is 2. The quantitative estimate of drug-likeness (QED) is 0.0902. The summed E-state index contributed by atoms with van der Waals surface area (Å²) in [5.41, 5.74) is 5.05. The fourth-order valence-corrected chi connectivity index (χ4v) is 7.74. The molecule has 0 aliphatic heterocycles. The Morgan fingerprint density at radius 2 is 1.39 bits per heavy atom. The number of hydrogen-bond acceptors (Lipinski definition) is 4. The molecule has 1 atom stereocenters. The molecule has 1 heterocycles. The van der Waals surface area contributed by atoms with Gasteiger partial charge in [0.2, 0.25) is 5.91 Å². The number of aryl methyl sites for hydroxylation is 1. The van der Waals surface area contributed by atoms with E-state index in [9.17, 15) is 14.4 Å². The number of halogens is 2. The van der Waals surface area contributed by atoms with Crippen LogP contribution in [0.2, 0.25) is 10.0 Å². The number of carbonyl (C=O) groups is 3. The Labute approximate surface area is 327 Å². The summed E-state index contributed by atoms with van der Waals surface area (Å²) in [5, 5.41) is 10.9. The SMILES string of the molecule is CCn1c2ccccc2c2cc(NC(=O)C(Sc3cccc(NC(=O)/C(=C\c4cccc(Cl)c4Cl)NC(=O)c4ccccc4)c3)c3ccccc3)ccc21. The number of thioether (sulfide) groups is 1. The Balaban J connectivity index is 1.14. The largest absolute Gasteiger partial charge is 0.341 e. The average molecular weight is 770 g/mol. The molecule has 6 aromatic carbocycles. The Morgan fingerprint density at radius 3 is 2.17 bits per heavy atom. The maximum atomic E-state index is 14.1. The third-order valence-corrected chi connectivity index (χ3v) is 10.9. The van der Waals surface area contributed by atoms with E-state index in [1.54, 1.807) is 66.7 Å². The minimum atomic E-state index is -0.615. The minimum absolute atomic E-state index is 0.0355. The van der Waals surface area contributed by atoms with E-state index in [1.807, 2.05) is 60.7 Å². The van der Waals surface area contributed by atoms with E-state index in [1.165, 1.54) is 17.8 Å². The summed E-state index contributed by atoms with van der Waals surface area (Å²) in [7, 11) is 0. The van der Waals surface area contributed by atoms with E-state index in [-0.39, 0.29) is 16.6 Å². The summed E-state index contributed by atoms with van der Waals surface area (Å²) in [6, 6.07) is 44.7. The van der Waals surface area contributed by atoms with Gasteiger partial charge < -0.3 is 20.5 Å². The Hall–Kier alpha value is -5.80. The van der Waals surface area contributed by atoms with E-state index in [2.05, 4.69) is 45.6 Å². The molecule has 0 fully saturated rings. The highest BCUT2D eigenvalue weighted by atomic mass is 35.5. The van der Waals surface area contributed by atoms with Gasteiger partial charge >= 0.3 is 0 Å². The van der Waals surface area contributed by atoms with Crippen LogP contribution >= 0.6 is 35.0 Å². The summed E-state index contributed by atoms with van der Waals surface area (Å²) in [6.07, 6.45) is 1.48. The highest BCUT2D eigenvalue weighted by molar-refractivity contribution is 8.00. The predicted molar refractivity (Wildman–Crippen MR) is 222 cm³/mol. The molecular weight excluding hydrogens is 735 g/mol. The third kappa shape index (κ3) is 8.06. The van der Waals surface area contributed by atoms with Gasteiger partial charge in [0.1, 0.15) is 10.9 Å². The Kier molecular flexibility index (Phi) is 11.2. The van der Waals surface area contributed by atoms with Gasteiger partial charge in [-0.3, -0.25) is 14.4 Å². The van der Waals surface area contributed by atoms with Gasteiger partial charge in [-0.2, -0.15) is 0 Å². The first-order chi connectivity index (χ1) is 26.3. The molecule has 3 amide bonds. The van der Waals surface area contributed by atoms with Crippen molar-refractivity contribution in [2.75, 3.05) is 10.6 Å². The topological polar surface area (TPSA) is 92.2 Å². The lowest BCUT2D eigenvalue weighted by atomic mass is 10.1. The van der Waals surface area contributed by atoms with Crippen molar-refractivity contribution in [3.8, 4) is 0 Å². The molecule has 7 nitrogen and oxygen atoms in total. The molecule has 0 aliphatic rings. The van der Waals surface area contributed by atoms with Crippen LogP contribution < -0.4 is 16.0 Å². The molecule has 1 aromatic heterocycles. The number of hydrogen-bond donors (Lipinski definition) is 3. The van der Waals surface area contributed by atoms with Crippen LogP contribution in [0.1, 0.15) is 33.7 Å². The summed E-state index contributed by atoms with van der Waals surface area (Å²) in [4.78, 5) is 41.8. The van der Waals surface area contributed by atoms with Crippen molar-refractivity contribution < 1.29 is 14.4 Å². The van der Waals surface area contributed by atoms with Crippen LogP contribution in [0.15, 0.2) is 156 Å².